The van der Waals surface area contributed by atoms with Crippen molar-refractivity contribution in [2.75, 3.05) is 11.9 Å². The van der Waals surface area contributed by atoms with E-state index in [9.17, 15) is 23.6 Å². The highest BCUT2D eigenvalue weighted by Crippen LogP contribution is 2.12. The van der Waals surface area contributed by atoms with E-state index in [0.29, 0.717) is 23.2 Å². The molecule has 6 nitrogen and oxygen atoms in total. The Bertz CT molecular complexity index is 875. The van der Waals surface area contributed by atoms with E-state index in [2.05, 4.69) is 5.32 Å². The molecular weight excluding hydrogens is 377 g/mol. The molecule has 0 aliphatic carbocycles. The Labute approximate surface area is 168 Å². The maximum atomic E-state index is 12.9. The second kappa shape index (κ2) is 10.8. The third-order valence-corrected chi connectivity index (χ3v) is 4.05. The molecule has 0 radical (unpaired) electrons. The lowest BCUT2D eigenvalue weighted by molar-refractivity contribution is -0.142. The van der Waals surface area contributed by atoms with Gasteiger partial charge in [0.15, 0.2) is 18.2 Å². The van der Waals surface area contributed by atoms with Crippen LogP contribution < -0.4 is 5.32 Å². The Morgan fingerprint density at radius 2 is 1.41 bits per heavy atom. The highest BCUT2D eigenvalue weighted by atomic mass is 19.1. The third-order valence-electron chi connectivity index (χ3n) is 4.05. The predicted octanol–water partition coefficient (Wildman–Crippen LogP) is 3.95. The van der Waals surface area contributed by atoms with Gasteiger partial charge in [-0.25, -0.2) is 4.39 Å². The van der Waals surface area contributed by atoms with Crippen molar-refractivity contribution < 1.29 is 28.3 Å². The number of ether oxygens (including phenoxy) is 1. The van der Waals surface area contributed by atoms with Crippen molar-refractivity contribution in [3.8, 4) is 0 Å². The van der Waals surface area contributed by atoms with Gasteiger partial charge in [0.05, 0.1) is 6.42 Å². The summed E-state index contributed by atoms with van der Waals surface area (Å²) in [5.74, 6) is -1.92. The van der Waals surface area contributed by atoms with Gasteiger partial charge in [-0.3, -0.25) is 19.2 Å². The first kappa shape index (κ1) is 21.9. The predicted molar refractivity (Wildman–Crippen MR) is 105 cm³/mol. The fraction of sp³-hybridized carbons (Fsp3) is 0.273. The van der Waals surface area contributed by atoms with Crippen LogP contribution in [-0.4, -0.2) is 30.0 Å². The van der Waals surface area contributed by atoms with Crippen molar-refractivity contribution in [1.82, 2.24) is 0 Å². The summed E-state index contributed by atoms with van der Waals surface area (Å²) in [6.45, 7) is 1.46. The molecule has 152 valence electrons. The van der Waals surface area contributed by atoms with Crippen LogP contribution in [0.4, 0.5) is 10.1 Å². The van der Waals surface area contributed by atoms with Crippen molar-refractivity contribution in [3.63, 3.8) is 0 Å². The molecule has 0 saturated carbocycles. The van der Waals surface area contributed by atoms with E-state index in [-0.39, 0.29) is 24.5 Å². The number of carbonyl (C=O) groups is 4. The average molecular weight is 399 g/mol. The Kier molecular flexibility index (Phi) is 8.21. The van der Waals surface area contributed by atoms with Crippen LogP contribution in [-0.2, 0) is 14.3 Å². The second-order valence-corrected chi connectivity index (χ2v) is 6.39. The zero-order chi connectivity index (χ0) is 21.2. The van der Waals surface area contributed by atoms with Gasteiger partial charge < -0.3 is 10.1 Å². The van der Waals surface area contributed by atoms with E-state index < -0.39 is 24.2 Å². The molecule has 2 rings (SSSR count). The highest BCUT2D eigenvalue weighted by molar-refractivity contribution is 5.99. The van der Waals surface area contributed by atoms with E-state index in [1.807, 2.05) is 6.92 Å². The zero-order valence-corrected chi connectivity index (χ0v) is 16.1. The minimum absolute atomic E-state index is 0.0924. The Morgan fingerprint density at radius 1 is 0.828 bits per heavy atom. The number of hydrogen-bond donors (Lipinski definition) is 1. The van der Waals surface area contributed by atoms with Crippen LogP contribution in [0.1, 0.15) is 53.3 Å². The van der Waals surface area contributed by atoms with E-state index >= 15 is 0 Å². The molecule has 0 bridgehead atoms. The molecule has 2 aromatic rings. The van der Waals surface area contributed by atoms with Crippen LogP contribution in [0.25, 0.3) is 0 Å². The van der Waals surface area contributed by atoms with Gasteiger partial charge in [-0.1, -0.05) is 6.92 Å². The summed E-state index contributed by atoms with van der Waals surface area (Å²) in [7, 11) is 0. The number of rotatable bonds is 10. The number of amides is 1. The van der Waals surface area contributed by atoms with Crippen molar-refractivity contribution in [1.29, 1.82) is 0 Å². The number of benzene rings is 2. The average Bonchev–Trinajstić information content (AvgIpc) is 2.71. The molecule has 0 aliphatic heterocycles. The Hall–Kier alpha value is -3.35. The summed E-state index contributed by atoms with van der Waals surface area (Å²) >= 11 is 0. The number of hydrogen-bond acceptors (Lipinski definition) is 5. The van der Waals surface area contributed by atoms with Crippen molar-refractivity contribution in [2.24, 2.45) is 0 Å². The van der Waals surface area contributed by atoms with Crippen LogP contribution in [0.5, 0.6) is 0 Å². The molecule has 0 fully saturated rings. The SMILES string of the molecule is CCCC(=O)Nc1ccc(C(=O)COC(=O)CCC(=O)c2ccc(F)cc2)cc1. The first-order valence-electron chi connectivity index (χ1n) is 9.26. The largest absolute Gasteiger partial charge is 0.457 e. The summed E-state index contributed by atoms with van der Waals surface area (Å²) in [5, 5.41) is 2.71. The van der Waals surface area contributed by atoms with Gasteiger partial charge in [-0.05, 0) is 55.0 Å². The van der Waals surface area contributed by atoms with Gasteiger partial charge in [0.2, 0.25) is 5.91 Å². The highest BCUT2D eigenvalue weighted by Gasteiger charge is 2.13. The molecule has 0 aliphatic rings. The minimum Gasteiger partial charge on any atom is -0.457 e. The summed E-state index contributed by atoms with van der Waals surface area (Å²) in [6, 6.07) is 11.3. The fourth-order valence-corrected chi connectivity index (χ4v) is 2.49. The van der Waals surface area contributed by atoms with E-state index in [0.717, 1.165) is 6.42 Å². The molecule has 29 heavy (non-hydrogen) atoms. The van der Waals surface area contributed by atoms with Gasteiger partial charge in [-0.15, -0.1) is 0 Å². The van der Waals surface area contributed by atoms with Crippen LogP contribution in [0.15, 0.2) is 48.5 Å². The van der Waals surface area contributed by atoms with E-state index in [1.54, 1.807) is 12.1 Å². The van der Waals surface area contributed by atoms with Crippen LogP contribution >= 0.6 is 0 Å². The molecule has 1 amide bonds. The molecule has 2 aromatic carbocycles. The maximum absolute atomic E-state index is 12.9. The van der Waals surface area contributed by atoms with Gasteiger partial charge in [0, 0.05) is 29.7 Å². The summed E-state index contributed by atoms with van der Waals surface area (Å²) < 4.78 is 17.8. The van der Waals surface area contributed by atoms with Crippen molar-refractivity contribution >= 4 is 29.1 Å². The monoisotopic (exact) mass is 399 g/mol. The van der Waals surface area contributed by atoms with Gasteiger partial charge >= 0.3 is 5.97 Å². The summed E-state index contributed by atoms with van der Waals surface area (Å²) in [5.41, 5.74) is 1.23. The number of nitrogens with one attached hydrogen (secondary N) is 1. The molecule has 0 spiro atoms. The number of carbonyl (C=O) groups excluding carboxylic acids is 4. The molecule has 0 aromatic heterocycles. The second-order valence-electron chi connectivity index (χ2n) is 6.39. The van der Waals surface area contributed by atoms with Gasteiger partial charge in [0.25, 0.3) is 0 Å². The van der Waals surface area contributed by atoms with Crippen molar-refractivity contribution in [3.05, 3.63) is 65.5 Å². The minimum atomic E-state index is -0.669. The first-order valence-corrected chi connectivity index (χ1v) is 9.26. The quantitative estimate of drug-likeness (QED) is 0.483. The lowest BCUT2D eigenvalue weighted by Gasteiger charge is -2.07. The van der Waals surface area contributed by atoms with Gasteiger partial charge in [-0.2, -0.15) is 0 Å². The smallest absolute Gasteiger partial charge is 0.306 e. The third kappa shape index (κ3) is 7.29. The number of Topliss-reactive ketones (excluding diaryl/α,β-unsaturated/α-hetero) is 2. The molecule has 7 heteroatoms. The zero-order valence-electron chi connectivity index (χ0n) is 16.1. The molecule has 0 atom stereocenters. The number of halogens is 1. The maximum Gasteiger partial charge on any atom is 0.306 e. The number of esters is 1. The van der Waals surface area contributed by atoms with Crippen LogP contribution in [0.3, 0.4) is 0 Å². The molecular formula is C22H22FNO5. The topological polar surface area (TPSA) is 89.5 Å². The van der Waals surface area contributed by atoms with E-state index in [4.69, 9.17) is 4.74 Å². The van der Waals surface area contributed by atoms with Gasteiger partial charge in [0.1, 0.15) is 5.82 Å². The normalized spacial score (nSPS) is 10.3. The molecule has 0 unspecified atom stereocenters. The Morgan fingerprint density at radius 3 is 2.03 bits per heavy atom. The standard InChI is InChI=1S/C22H22FNO5/c1-2-3-21(27)24-18-10-6-16(7-11-18)20(26)14-29-22(28)13-12-19(25)15-4-8-17(23)9-5-15/h4-11H,2-3,12-14H2,1H3,(H,24,27). The fourth-order valence-electron chi connectivity index (χ4n) is 2.49. The van der Waals surface area contributed by atoms with Crippen LogP contribution in [0, 0.1) is 5.82 Å². The molecule has 0 saturated heterocycles. The summed E-state index contributed by atoms with van der Waals surface area (Å²) in [6.07, 6.45) is 0.889. The number of ketones is 2. The first-order chi connectivity index (χ1) is 13.9. The van der Waals surface area contributed by atoms with Crippen molar-refractivity contribution in [2.45, 2.75) is 32.6 Å². The van der Waals surface area contributed by atoms with E-state index in [1.165, 1.54) is 36.4 Å². The lowest BCUT2D eigenvalue weighted by Crippen LogP contribution is -2.15. The summed E-state index contributed by atoms with van der Waals surface area (Å²) in [4.78, 5) is 47.4. The molecule has 1 N–H and O–H groups in total. The van der Waals surface area contributed by atoms with Crippen LogP contribution in [0.2, 0.25) is 0 Å². The molecule has 0 heterocycles. The lowest BCUT2D eigenvalue weighted by atomic mass is 10.1. The number of anilines is 1. The Balaban J connectivity index is 1.76.